The summed E-state index contributed by atoms with van der Waals surface area (Å²) in [6.45, 7) is 20.2. The SMILES string of the molecule is CC.CCC(C)(O)C(C)(C)C.C[B]c1ccc(C(C)=NC(=NC(C)c2ccccc2)c2ccccc2)cc1. The fourth-order valence-corrected chi connectivity index (χ4v) is 3.42. The Labute approximate surface area is 233 Å². The van der Waals surface area contributed by atoms with Gasteiger partial charge in [0, 0.05) is 11.3 Å². The molecule has 0 spiro atoms. The average molecular weight is 512 g/mol. The number of aliphatic hydroxyl groups is 1. The van der Waals surface area contributed by atoms with Gasteiger partial charge in [-0.2, -0.15) is 0 Å². The molecule has 4 heteroatoms. The van der Waals surface area contributed by atoms with Crippen LogP contribution in [-0.2, 0) is 0 Å². The van der Waals surface area contributed by atoms with Crippen LogP contribution in [0, 0.1) is 5.41 Å². The lowest BCUT2D eigenvalue weighted by Crippen LogP contribution is -2.38. The van der Waals surface area contributed by atoms with Gasteiger partial charge in [-0.1, -0.05) is 139 Å². The minimum Gasteiger partial charge on any atom is -0.390 e. The van der Waals surface area contributed by atoms with Crippen molar-refractivity contribution < 1.29 is 5.11 Å². The molecular weight excluding hydrogens is 463 g/mol. The molecule has 38 heavy (non-hydrogen) atoms. The second-order valence-electron chi connectivity index (χ2n) is 10.4. The van der Waals surface area contributed by atoms with E-state index in [1.165, 1.54) is 11.0 Å². The zero-order chi connectivity index (χ0) is 28.8. The number of amidine groups is 1. The van der Waals surface area contributed by atoms with Gasteiger partial charge in [0.15, 0.2) is 5.84 Å². The largest absolute Gasteiger partial charge is 0.390 e. The average Bonchev–Trinajstić information content (AvgIpc) is 2.94. The minimum atomic E-state index is -0.521. The van der Waals surface area contributed by atoms with Crippen LogP contribution in [0.2, 0.25) is 6.82 Å². The number of hydrogen-bond donors (Lipinski definition) is 1. The van der Waals surface area contributed by atoms with Gasteiger partial charge in [0.1, 0.15) is 7.28 Å². The molecule has 0 saturated heterocycles. The molecule has 3 rings (SSSR count). The van der Waals surface area contributed by atoms with E-state index in [4.69, 9.17) is 9.98 Å². The van der Waals surface area contributed by atoms with Crippen LogP contribution in [0.25, 0.3) is 0 Å². The highest BCUT2D eigenvalue weighted by atomic mass is 16.3. The minimum absolute atomic E-state index is 0.00174. The van der Waals surface area contributed by atoms with Crippen molar-refractivity contribution in [3.05, 3.63) is 102 Å². The van der Waals surface area contributed by atoms with Crippen LogP contribution in [0.3, 0.4) is 0 Å². The van der Waals surface area contributed by atoms with Crippen molar-refractivity contribution in [3.8, 4) is 0 Å². The lowest BCUT2D eigenvalue weighted by atomic mass is 9.73. The van der Waals surface area contributed by atoms with E-state index in [-0.39, 0.29) is 11.5 Å². The standard InChI is InChI=1S/C24H24BN2.C8H18O.C2H6/c1-18(20-10-6-4-7-11-20)26-24(22-12-8-5-9-13-22)27-19(2)21-14-16-23(25-3)17-15-21;1-6-8(5,9)7(2,3)4;1-2/h4-18H,1-3H3;9H,6H2,1-5H3;1-2H3. The molecule has 0 amide bonds. The van der Waals surface area contributed by atoms with E-state index in [1.807, 2.05) is 77.8 Å². The molecular formula is C34H48BN2O. The van der Waals surface area contributed by atoms with Crippen LogP contribution in [0.15, 0.2) is 94.9 Å². The van der Waals surface area contributed by atoms with Crippen molar-refractivity contribution in [2.45, 2.75) is 87.2 Å². The fourth-order valence-electron chi connectivity index (χ4n) is 3.42. The lowest BCUT2D eigenvalue weighted by Gasteiger charge is -2.36. The number of nitrogens with zero attached hydrogens (tertiary/aromatic N) is 2. The van der Waals surface area contributed by atoms with Crippen LogP contribution in [0.1, 0.15) is 91.5 Å². The molecule has 2 unspecified atom stereocenters. The first-order chi connectivity index (χ1) is 18.0. The van der Waals surface area contributed by atoms with Gasteiger partial charge in [0.25, 0.3) is 0 Å². The predicted octanol–water partition coefficient (Wildman–Crippen LogP) is 8.30. The molecule has 0 aliphatic carbocycles. The second-order valence-corrected chi connectivity index (χ2v) is 10.4. The zero-order valence-electron chi connectivity index (χ0n) is 25.3. The van der Waals surface area contributed by atoms with Gasteiger partial charge in [-0.25, -0.2) is 4.99 Å². The Hall–Kier alpha value is -2.98. The highest BCUT2D eigenvalue weighted by Gasteiger charge is 2.32. The lowest BCUT2D eigenvalue weighted by molar-refractivity contribution is -0.0440. The van der Waals surface area contributed by atoms with E-state index < -0.39 is 5.60 Å². The molecule has 0 aliphatic heterocycles. The first-order valence-electron chi connectivity index (χ1n) is 13.8. The Kier molecular flexibility index (Phi) is 14.0. The van der Waals surface area contributed by atoms with Gasteiger partial charge < -0.3 is 5.11 Å². The molecule has 203 valence electrons. The number of rotatable bonds is 6. The van der Waals surface area contributed by atoms with Crippen LogP contribution in [-0.4, -0.2) is 29.5 Å². The van der Waals surface area contributed by atoms with E-state index >= 15 is 0 Å². The Bertz CT molecular complexity index is 1110. The molecule has 0 saturated carbocycles. The third kappa shape index (κ3) is 10.4. The van der Waals surface area contributed by atoms with Gasteiger partial charge in [-0.15, -0.1) is 0 Å². The van der Waals surface area contributed by atoms with Crippen molar-refractivity contribution >= 4 is 24.3 Å². The first-order valence-corrected chi connectivity index (χ1v) is 13.8. The highest BCUT2D eigenvalue weighted by molar-refractivity contribution is 6.51. The summed E-state index contributed by atoms with van der Waals surface area (Å²) >= 11 is 0. The molecule has 0 fully saturated rings. The van der Waals surface area contributed by atoms with Gasteiger partial charge in [-0.3, -0.25) is 4.99 Å². The monoisotopic (exact) mass is 511 g/mol. The van der Waals surface area contributed by atoms with Gasteiger partial charge >= 0.3 is 0 Å². The van der Waals surface area contributed by atoms with E-state index in [1.54, 1.807) is 0 Å². The van der Waals surface area contributed by atoms with Gasteiger partial charge in [-0.05, 0) is 43.7 Å². The molecule has 0 bridgehead atoms. The number of aliphatic imine (C=N–C) groups is 2. The fraction of sp³-hybridized carbons (Fsp3) is 0.412. The van der Waals surface area contributed by atoms with E-state index in [0.29, 0.717) is 0 Å². The molecule has 2 atom stereocenters. The molecule has 3 aromatic rings. The molecule has 0 heterocycles. The first kappa shape index (κ1) is 33.1. The Morgan fingerprint density at radius 3 is 1.74 bits per heavy atom. The van der Waals surface area contributed by atoms with Crippen LogP contribution in [0.5, 0.6) is 0 Å². The second kappa shape index (κ2) is 16.1. The maximum absolute atomic E-state index is 9.66. The van der Waals surface area contributed by atoms with Crippen LogP contribution < -0.4 is 5.46 Å². The van der Waals surface area contributed by atoms with Gasteiger partial charge in [0.2, 0.25) is 0 Å². The highest BCUT2D eigenvalue weighted by Crippen LogP contribution is 2.32. The van der Waals surface area contributed by atoms with Crippen molar-refractivity contribution in [2.75, 3.05) is 0 Å². The summed E-state index contributed by atoms with van der Waals surface area (Å²) in [4.78, 5) is 9.83. The normalized spacial score (nSPS) is 14.2. The molecule has 0 aromatic heterocycles. The summed E-state index contributed by atoms with van der Waals surface area (Å²) in [5.74, 6) is 0.760. The quantitative estimate of drug-likeness (QED) is 0.202. The third-order valence-corrected chi connectivity index (χ3v) is 6.87. The third-order valence-electron chi connectivity index (χ3n) is 6.87. The van der Waals surface area contributed by atoms with Crippen LogP contribution >= 0.6 is 0 Å². The molecule has 3 nitrogen and oxygen atoms in total. The smallest absolute Gasteiger partial charge is 0.155 e. The molecule has 3 aromatic carbocycles. The summed E-state index contributed by atoms with van der Waals surface area (Å²) in [6.07, 6.45) is 0.816. The Balaban J connectivity index is 0.000000559. The van der Waals surface area contributed by atoms with Crippen molar-refractivity contribution in [1.82, 2.24) is 0 Å². The summed E-state index contributed by atoms with van der Waals surface area (Å²) in [5, 5.41) is 9.66. The Morgan fingerprint density at radius 1 is 0.816 bits per heavy atom. The topological polar surface area (TPSA) is 45.0 Å². The Morgan fingerprint density at radius 2 is 1.32 bits per heavy atom. The molecule has 1 N–H and O–H groups in total. The predicted molar refractivity (Wildman–Crippen MR) is 169 cm³/mol. The number of benzene rings is 3. The zero-order valence-corrected chi connectivity index (χ0v) is 25.3. The van der Waals surface area contributed by atoms with E-state index in [0.717, 1.165) is 29.1 Å². The summed E-state index contributed by atoms with van der Waals surface area (Å²) in [5.41, 5.74) is 4.97. The van der Waals surface area contributed by atoms with Crippen molar-refractivity contribution in [2.24, 2.45) is 15.4 Å². The van der Waals surface area contributed by atoms with Crippen molar-refractivity contribution in [3.63, 3.8) is 0 Å². The van der Waals surface area contributed by atoms with Crippen molar-refractivity contribution in [1.29, 1.82) is 0 Å². The number of hydrogen-bond acceptors (Lipinski definition) is 2. The molecule has 0 aliphatic rings. The summed E-state index contributed by atoms with van der Waals surface area (Å²) in [7, 11) is 2.09. The van der Waals surface area contributed by atoms with Crippen LogP contribution in [0.4, 0.5) is 0 Å². The molecule has 1 radical (unpaired) electrons. The summed E-state index contributed by atoms with van der Waals surface area (Å²) in [6, 6.07) is 29.0. The van der Waals surface area contributed by atoms with E-state index in [9.17, 15) is 5.11 Å². The van der Waals surface area contributed by atoms with Gasteiger partial charge in [0.05, 0.1) is 11.6 Å². The summed E-state index contributed by atoms with van der Waals surface area (Å²) < 4.78 is 0. The maximum atomic E-state index is 9.66. The van der Waals surface area contributed by atoms with E-state index in [2.05, 4.69) is 83.5 Å². The maximum Gasteiger partial charge on any atom is 0.155 e.